The Balaban J connectivity index is 1.67. The van der Waals surface area contributed by atoms with E-state index in [0.717, 1.165) is 44.0 Å². The minimum atomic E-state index is -0.190. The summed E-state index contributed by atoms with van der Waals surface area (Å²) in [6.07, 6.45) is 9.56. The van der Waals surface area contributed by atoms with Crippen LogP contribution in [0.15, 0.2) is 24.3 Å². The molecule has 1 aromatic carbocycles. The van der Waals surface area contributed by atoms with Crippen LogP contribution in [0.4, 0.5) is 4.39 Å². The summed E-state index contributed by atoms with van der Waals surface area (Å²) in [6, 6.07) is 7.53. The van der Waals surface area contributed by atoms with E-state index in [0.29, 0.717) is 6.04 Å². The Morgan fingerprint density at radius 2 is 1.96 bits per heavy atom. The van der Waals surface area contributed by atoms with E-state index in [1.54, 1.807) is 12.1 Å². The van der Waals surface area contributed by atoms with Crippen LogP contribution in [0.5, 0.6) is 0 Å². The number of hydrogen-bond donors (Lipinski definition) is 2. The van der Waals surface area contributed by atoms with Gasteiger partial charge in [-0.2, -0.15) is 0 Å². The summed E-state index contributed by atoms with van der Waals surface area (Å²) >= 11 is 0. The zero-order valence-corrected chi connectivity index (χ0v) is 15.5. The molecule has 2 aliphatic rings. The van der Waals surface area contributed by atoms with Crippen molar-refractivity contribution in [3.05, 3.63) is 35.6 Å². The lowest BCUT2D eigenvalue weighted by atomic mass is 9.79. The first kappa shape index (κ1) is 18.8. The highest BCUT2D eigenvalue weighted by atomic mass is 19.1. The lowest BCUT2D eigenvalue weighted by Gasteiger charge is -2.47. The molecule has 0 radical (unpaired) electrons. The molecule has 140 valence electrons. The fraction of sp³-hybridized carbons (Fsp3) is 0.714. The van der Waals surface area contributed by atoms with Gasteiger partial charge in [-0.15, -0.1) is 0 Å². The molecule has 1 saturated heterocycles. The Bertz CT molecular complexity index is 519. The molecular weight excluding hydrogens is 315 g/mol. The molecule has 1 aliphatic carbocycles. The third kappa shape index (κ3) is 4.42. The van der Waals surface area contributed by atoms with Crippen LogP contribution in [-0.2, 0) is 5.54 Å². The van der Waals surface area contributed by atoms with Gasteiger partial charge >= 0.3 is 0 Å². The average molecular weight is 349 g/mol. The molecule has 2 unspecified atom stereocenters. The Kier molecular flexibility index (Phi) is 6.48. The Morgan fingerprint density at radius 1 is 1.24 bits per heavy atom. The van der Waals surface area contributed by atoms with Gasteiger partial charge in [0.2, 0.25) is 0 Å². The van der Waals surface area contributed by atoms with Crippen LogP contribution in [0.1, 0.15) is 63.9 Å². The van der Waals surface area contributed by atoms with E-state index in [1.807, 2.05) is 12.1 Å². The Hall–Kier alpha value is -0.970. The number of nitrogens with zero attached hydrogens (tertiary/aromatic N) is 1. The molecule has 0 bridgehead atoms. The number of benzene rings is 1. The van der Waals surface area contributed by atoms with Crippen LogP contribution < -0.4 is 5.32 Å². The van der Waals surface area contributed by atoms with Crippen LogP contribution in [0, 0.1) is 11.7 Å². The number of nitrogens with one attached hydrogen (secondary N) is 1. The van der Waals surface area contributed by atoms with Gasteiger partial charge in [0, 0.05) is 31.4 Å². The third-order valence-electron chi connectivity index (χ3n) is 6.51. The molecule has 0 amide bonds. The highest BCUT2D eigenvalue weighted by Crippen LogP contribution is 2.35. The van der Waals surface area contributed by atoms with Crippen molar-refractivity contribution in [3.63, 3.8) is 0 Å². The minimum absolute atomic E-state index is 0.140. The van der Waals surface area contributed by atoms with Crippen molar-refractivity contribution in [2.75, 3.05) is 19.8 Å². The van der Waals surface area contributed by atoms with E-state index < -0.39 is 0 Å². The maximum atomic E-state index is 13.3. The molecule has 1 aromatic rings. The Labute approximate surface area is 151 Å². The second-order valence-corrected chi connectivity index (χ2v) is 7.95. The van der Waals surface area contributed by atoms with Crippen LogP contribution in [-0.4, -0.2) is 35.9 Å². The fourth-order valence-electron chi connectivity index (χ4n) is 4.77. The summed E-state index contributed by atoms with van der Waals surface area (Å²) in [4.78, 5) is 2.58. The molecule has 1 heterocycles. The summed E-state index contributed by atoms with van der Waals surface area (Å²) in [5.41, 5.74) is 1.01. The summed E-state index contributed by atoms with van der Waals surface area (Å²) in [7, 11) is 0. The predicted octanol–water partition coefficient (Wildman–Crippen LogP) is 4.02. The first-order valence-corrected chi connectivity index (χ1v) is 10.0. The highest BCUT2D eigenvalue weighted by Gasteiger charge is 2.37. The number of rotatable bonds is 6. The topological polar surface area (TPSA) is 35.5 Å². The van der Waals surface area contributed by atoms with Crippen LogP contribution in [0.25, 0.3) is 0 Å². The average Bonchev–Trinajstić information content (AvgIpc) is 2.67. The third-order valence-corrected chi connectivity index (χ3v) is 6.51. The number of aliphatic hydroxyl groups excluding tert-OH is 1. The predicted molar refractivity (Wildman–Crippen MR) is 99.8 cm³/mol. The SMILES string of the molecule is CC(C1CCCCC1)N1CCC(CCCO)(c2ccc(F)cc2)NC1. The number of aliphatic hydroxyl groups is 1. The molecule has 3 rings (SSSR count). The van der Waals surface area contributed by atoms with Gasteiger partial charge in [-0.25, -0.2) is 4.39 Å². The molecular formula is C21H33FN2O. The second kappa shape index (κ2) is 8.61. The first-order chi connectivity index (χ1) is 12.1. The van der Waals surface area contributed by atoms with Crippen molar-refractivity contribution in [3.8, 4) is 0 Å². The maximum absolute atomic E-state index is 13.3. The van der Waals surface area contributed by atoms with Gasteiger partial charge in [-0.1, -0.05) is 31.4 Å². The number of halogens is 1. The van der Waals surface area contributed by atoms with Gasteiger partial charge in [0.25, 0.3) is 0 Å². The highest BCUT2D eigenvalue weighted by molar-refractivity contribution is 5.26. The molecule has 4 heteroatoms. The summed E-state index contributed by atoms with van der Waals surface area (Å²) in [6.45, 7) is 4.52. The van der Waals surface area contributed by atoms with E-state index in [9.17, 15) is 9.50 Å². The van der Waals surface area contributed by atoms with E-state index in [4.69, 9.17) is 0 Å². The van der Waals surface area contributed by atoms with Gasteiger partial charge in [0.15, 0.2) is 0 Å². The smallest absolute Gasteiger partial charge is 0.123 e. The molecule has 2 fully saturated rings. The molecule has 2 atom stereocenters. The van der Waals surface area contributed by atoms with E-state index in [1.165, 1.54) is 32.1 Å². The van der Waals surface area contributed by atoms with E-state index in [-0.39, 0.29) is 18.0 Å². The van der Waals surface area contributed by atoms with E-state index in [2.05, 4.69) is 17.1 Å². The fourth-order valence-corrected chi connectivity index (χ4v) is 4.77. The molecule has 2 N–H and O–H groups in total. The monoisotopic (exact) mass is 348 g/mol. The van der Waals surface area contributed by atoms with Crippen molar-refractivity contribution >= 4 is 0 Å². The molecule has 0 spiro atoms. The van der Waals surface area contributed by atoms with Crippen molar-refractivity contribution in [1.29, 1.82) is 0 Å². The zero-order valence-electron chi connectivity index (χ0n) is 15.5. The standard InChI is InChI=1S/C21H33FN2O/c1-17(18-6-3-2-4-7-18)24-14-13-21(23-16-24,12-5-15-25)19-8-10-20(22)11-9-19/h8-11,17-18,23,25H,2-7,12-16H2,1H3. The molecule has 25 heavy (non-hydrogen) atoms. The largest absolute Gasteiger partial charge is 0.396 e. The maximum Gasteiger partial charge on any atom is 0.123 e. The summed E-state index contributed by atoms with van der Waals surface area (Å²) < 4.78 is 13.3. The molecule has 1 saturated carbocycles. The lowest BCUT2D eigenvalue weighted by molar-refractivity contribution is 0.0496. The summed E-state index contributed by atoms with van der Waals surface area (Å²) in [5, 5.41) is 13.1. The van der Waals surface area contributed by atoms with Crippen molar-refractivity contribution in [2.24, 2.45) is 5.92 Å². The normalized spacial score (nSPS) is 27.3. The lowest BCUT2D eigenvalue weighted by Crippen LogP contribution is -2.57. The van der Waals surface area contributed by atoms with Crippen molar-refractivity contribution in [1.82, 2.24) is 10.2 Å². The van der Waals surface area contributed by atoms with Gasteiger partial charge in [-0.05, 0) is 62.6 Å². The quantitative estimate of drug-likeness (QED) is 0.815. The van der Waals surface area contributed by atoms with Gasteiger partial charge in [0.05, 0.1) is 0 Å². The second-order valence-electron chi connectivity index (χ2n) is 7.95. The van der Waals surface area contributed by atoms with Crippen LogP contribution >= 0.6 is 0 Å². The van der Waals surface area contributed by atoms with Crippen LogP contribution in [0.3, 0.4) is 0 Å². The van der Waals surface area contributed by atoms with Gasteiger partial charge in [-0.3, -0.25) is 10.2 Å². The molecule has 3 nitrogen and oxygen atoms in total. The molecule has 0 aromatic heterocycles. The van der Waals surface area contributed by atoms with Crippen molar-refractivity contribution < 1.29 is 9.50 Å². The van der Waals surface area contributed by atoms with E-state index >= 15 is 0 Å². The molecule has 1 aliphatic heterocycles. The van der Waals surface area contributed by atoms with Gasteiger partial charge < -0.3 is 5.11 Å². The van der Waals surface area contributed by atoms with Gasteiger partial charge in [0.1, 0.15) is 5.82 Å². The summed E-state index contributed by atoms with van der Waals surface area (Å²) in [5.74, 6) is 0.635. The van der Waals surface area contributed by atoms with Crippen molar-refractivity contribution in [2.45, 2.75) is 69.9 Å². The number of hydrogen-bond acceptors (Lipinski definition) is 3. The minimum Gasteiger partial charge on any atom is -0.396 e. The zero-order chi connectivity index (χ0) is 17.7. The first-order valence-electron chi connectivity index (χ1n) is 10.0. The van der Waals surface area contributed by atoms with Crippen LogP contribution in [0.2, 0.25) is 0 Å². The Morgan fingerprint density at radius 3 is 2.56 bits per heavy atom.